The minimum absolute atomic E-state index is 0.189. The van der Waals surface area contributed by atoms with Crippen molar-refractivity contribution >= 4 is 0 Å². The van der Waals surface area contributed by atoms with Crippen LogP contribution in [0.25, 0.3) is 0 Å². The van der Waals surface area contributed by atoms with Gasteiger partial charge in [-0.15, -0.1) is 0 Å². The Morgan fingerprint density at radius 3 is 2.50 bits per heavy atom. The molecule has 0 aliphatic heterocycles. The van der Waals surface area contributed by atoms with Crippen LogP contribution in [0.1, 0.15) is 29.7 Å². The molecule has 0 aromatic heterocycles. The van der Waals surface area contributed by atoms with Gasteiger partial charge in [-0.3, -0.25) is 0 Å². The van der Waals surface area contributed by atoms with E-state index in [1.165, 1.54) is 12.1 Å². The summed E-state index contributed by atoms with van der Waals surface area (Å²) >= 11 is 0. The number of halogens is 2. The van der Waals surface area contributed by atoms with E-state index in [0.29, 0.717) is 17.7 Å². The summed E-state index contributed by atoms with van der Waals surface area (Å²) in [6, 6.07) is 12.6. The number of nitrogens with zero attached hydrogens (tertiary/aromatic N) is 1. The van der Waals surface area contributed by atoms with Crippen LogP contribution >= 0.6 is 0 Å². The fourth-order valence-electron chi connectivity index (χ4n) is 1.96. The quantitative estimate of drug-likeness (QED) is 0.921. The van der Waals surface area contributed by atoms with Gasteiger partial charge in [-0.1, -0.05) is 12.1 Å². The van der Waals surface area contributed by atoms with Crippen molar-refractivity contribution in [2.45, 2.75) is 19.5 Å². The van der Waals surface area contributed by atoms with Crippen molar-refractivity contribution in [3.63, 3.8) is 0 Å². The highest BCUT2D eigenvalue weighted by molar-refractivity contribution is 5.32. The number of benzene rings is 2. The van der Waals surface area contributed by atoms with Gasteiger partial charge in [-0.05, 0) is 42.3 Å². The van der Waals surface area contributed by atoms with Crippen LogP contribution in [0.5, 0.6) is 0 Å². The second-order valence-electron chi connectivity index (χ2n) is 4.62. The Kier molecular flexibility index (Phi) is 4.44. The number of nitrogens with one attached hydrogen (secondary N) is 1. The molecule has 20 heavy (non-hydrogen) atoms. The van der Waals surface area contributed by atoms with Crippen LogP contribution in [0.4, 0.5) is 8.78 Å². The van der Waals surface area contributed by atoms with Crippen LogP contribution in [0.3, 0.4) is 0 Å². The van der Waals surface area contributed by atoms with Gasteiger partial charge in [0, 0.05) is 18.7 Å². The van der Waals surface area contributed by atoms with Gasteiger partial charge in [-0.2, -0.15) is 5.26 Å². The van der Waals surface area contributed by atoms with E-state index >= 15 is 0 Å². The monoisotopic (exact) mass is 272 g/mol. The van der Waals surface area contributed by atoms with E-state index in [1.54, 1.807) is 12.1 Å². The molecule has 0 saturated carbocycles. The maximum atomic E-state index is 13.1. The van der Waals surface area contributed by atoms with Gasteiger partial charge >= 0.3 is 0 Å². The third kappa shape index (κ3) is 3.62. The molecule has 0 saturated heterocycles. The first-order chi connectivity index (χ1) is 9.58. The largest absolute Gasteiger partial charge is 0.306 e. The van der Waals surface area contributed by atoms with Gasteiger partial charge in [0.1, 0.15) is 11.6 Å². The number of rotatable bonds is 4. The number of nitriles is 1. The van der Waals surface area contributed by atoms with Crippen molar-refractivity contribution in [3.05, 3.63) is 70.8 Å². The van der Waals surface area contributed by atoms with E-state index in [-0.39, 0.29) is 6.04 Å². The smallest absolute Gasteiger partial charge is 0.126 e. The third-order valence-electron chi connectivity index (χ3n) is 3.05. The van der Waals surface area contributed by atoms with Gasteiger partial charge in [0.05, 0.1) is 11.6 Å². The fraction of sp³-hybridized carbons (Fsp3) is 0.188. The van der Waals surface area contributed by atoms with E-state index in [0.717, 1.165) is 11.6 Å². The van der Waals surface area contributed by atoms with Gasteiger partial charge in [-0.25, -0.2) is 8.78 Å². The molecular formula is C16H14F2N2. The van der Waals surface area contributed by atoms with Crippen LogP contribution in [-0.2, 0) is 6.54 Å². The van der Waals surface area contributed by atoms with E-state index in [4.69, 9.17) is 5.26 Å². The second-order valence-corrected chi connectivity index (χ2v) is 4.62. The van der Waals surface area contributed by atoms with Crippen molar-refractivity contribution in [3.8, 4) is 6.07 Å². The molecule has 0 spiro atoms. The summed E-state index contributed by atoms with van der Waals surface area (Å²) in [5, 5.41) is 12.0. The van der Waals surface area contributed by atoms with Crippen molar-refractivity contribution < 1.29 is 8.78 Å². The summed E-state index contributed by atoms with van der Waals surface area (Å²) in [5.74, 6) is -1.17. The minimum atomic E-state index is -0.583. The second kappa shape index (κ2) is 6.27. The summed E-state index contributed by atoms with van der Waals surface area (Å²) in [7, 11) is 0. The van der Waals surface area contributed by atoms with E-state index in [2.05, 4.69) is 11.4 Å². The molecule has 2 aromatic rings. The van der Waals surface area contributed by atoms with Gasteiger partial charge < -0.3 is 5.32 Å². The first-order valence-corrected chi connectivity index (χ1v) is 6.27. The molecule has 2 rings (SSSR count). The maximum Gasteiger partial charge on any atom is 0.126 e. The van der Waals surface area contributed by atoms with Crippen LogP contribution in [0, 0.1) is 23.0 Å². The summed E-state index contributed by atoms with van der Waals surface area (Å²) in [4.78, 5) is 0. The molecule has 1 N–H and O–H groups in total. The Morgan fingerprint density at radius 1 is 1.15 bits per heavy atom. The first kappa shape index (κ1) is 14.2. The van der Waals surface area contributed by atoms with E-state index in [1.807, 2.05) is 19.1 Å². The predicted molar refractivity (Wildman–Crippen MR) is 72.8 cm³/mol. The predicted octanol–water partition coefficient (Wildman–Crippen LogP) is 3.69. The molecule has 0 aliphatic rings. The highest BCUT2D eigenvalue weighted by Gasteiger charge is 2.08. The molecule has 4 heteroatoms. The molecule has 102 valence electrons. The van der Waals surface area contributed by atoms with Gasteiger partial charge in [0.15, 0.2) is 0 Å². The van der Waals surface area contributed by atoms with Crippen LogP contribution in [0.15, 0.2) is 42.5 Å². The Bertz CT molecular complexity index is 627. The van der Waals surface area contributed by atoms with Gasteiger partial charge in [0.2, 0.25) is 0 Å². The average Bonchev–Trinajstić information content (AvgIpc) is 2.44. The lowest BCUT2D eigenvalue weighted by atomic mass is 10.1. The summed E-state index contributed by atoms with van der Waals surface area (Å²) < 4.78 is 26.3. The van der Waals surface area contributed by atoms with Crippen molar-refractivity contribution in [2.24, 2.45) is 0 Å². The Morgan fingerprint density at radius 2 is 1.85 bits per heavy atom. The highest BCUT2D eigenvalue weighted by Crippen LogP contribution is 2.16. The molecule has 2 aromatic carbocycles. The SMILES string of the molecule is CC(NCc1cccc(C#N)c1)c1cc(F)cc(F)c1. The van der Waals surface area contributed by atoms with Crippen molar-refractivity contribution in [1.82, 2.24) is 5.32 Å². The Hall–Kier alpha value is -2.25. The molecule has 0 bridgehead atoms. The maximum absolute atomic E-state index is 13.1. The lowest BCUT2D eigenvalue weighted by molar-refractivity contribution is 0.545. The van der Waals surface area contributed by atoms with Crippen molar-refractivity contribution in [2.75, 3.05) is 0 Å². The summed E-state index contributed by atoms with van der Waals surface area (Å²) in [5.41, 5.74) is 2.10. The van der Waals surface area contributed by atoms with Crippen LogP contribution in [0.2, 0.25) is 0 Å². The number of hydrogen-bond donors (Lipinski definition) is 1. The Labute approximate surface area is 116 Å². The normalized spacial score (nSPS) is 11.9. The molecule has 0 fully saturated rings. The van der Waals surface area contributed by atoms with E-state index < -0.39 is 11.6 Å². The Balaban J connectivity index is 2.04. The van der Waals surface area contributed by atoms with Crippen LogP contribution in [-0.4, -0.2) is 0 Å². The zero-order valence-electron chi connectivity index (χ0n) is 11.0. The molecule has 1 unspecified atom stereocenters. The van der Waals surface area contributed by atoms with Gasteiger partial charge in [0.25, 0.3) is 0 Å². The molecule has 0 aliphatic carbocycles. The lowest BCUT2D eigenvalue weighted by Gasteiger charge is -2.14. The molecular weight excluding hydrogens is 258 g/mol. The third-order valence-corrected chi connectivity index (χ3v) is 3.05. The molecule has 1 atom stereocenters. The van der Waals surface area contributed by atoms with Crippen LogP contribution < -0.4 is 5.32 Å². The fourth-order valence-corrected chi connectivity index (χ4v) is 1.96. The van der Waals surface area contributed by atoms with Crippen molar-refractivity contribution in [1.29, 1.82) is 5.26 Å². The average molecular weight is 272 g/mol. The lowest BCUT2D eigenvalue weighted by Crippen LogP contribution is -2.18. The number of hydrogen-bond acceptors (Lipinski definition) is 2. The van der Waals surface area contributed by atoms with E-state index in [9.17, 15) is 8.78 Å². The summed E-state index contributed by atoms with van der Waals surface area (Å²) in [6.07, 6.45) is 0. The topological polar surface area (TPSA) is 35.8 Å². The highest BCUT2D eigenvalue weighted by atomic mass is 19.1. The first-order valence-electron chi connectivity index (χ1n) is 6.27. The minimum Gasteiger partial charge on any atom is -0.306 e. The molecule has 2 nitrogen and oxygen atoms in total. The zero-order chi connectivity index (χ0) is 14.5. The molecule has 0 amide bonds. The molecule has 0 radical (unpaired) electrons. The standard InChI is InChI=1S/C16H14F2N2/c1-11(14-6-15(17)8-16(18)7-14)20-10-13-4-2-3-12(5-13)9-19/h2-8,11,20H,10H2,1H3. The zero-order valence-corrected chi connectivity index (χ0v) is 11.0. The molecule has 0 heterocycles. The summed E-state index contributed by atoms with van der Waals surface area (Å²) in [6.45, 7) is 2.36.